The van der Waals surface area contributed by atoms with Crippen LogP contribution < -0.4 is 0 Å². The lowest BCUT2D eigenvalue weighted by Crippen LogP contribution is -2.48. The van der Waals surface area contributed by atoms with Gasteiger partial charge < -0.3 is 14.9 Å². The number of hydrogen-bond donors (Lipinski definition) is 2. The third kappa shape index (κ3) is 4.59. The molecule has 0 radical (unpaired) electrons. The van der Waals surface area contributed by atoms with Crippen molar-refractivity contribution in [3.8, 4) is 0 Å². The standard InChI is InChI=1S/C10H19NO4/c1-8-5-11(4-2-3-10(13)14)6-9(7-12)15-8/h8-9,12H,2-7H2,1H3,(H,13,14). The molecule has 0 amide bonds. The molecule has 0 saturated carbocycles. The summed E-state index contributed by atoms with van der Waals surface area (Å²) in [6, 6.07) is 0. The summed E-state index contributed by atoms with van der Waals surface area (Å²) in [6.45, 7) is 4.26. The molecule has 1 rings (SSSR count). The fourth-order valence-corrected chi connectivity index (χ4v) is 1.88. The van der Waals surface area contributed by atoms with E-state index in [0.717, 1.165) is 13.1 Å². The number of morpholine rings is 1. The van der Waals surface area contributed by atoms with Crippen molar-refractivity contribution in [1.29, 1.82) is 0 Å². The summed E-state index contributed by atoms with van der Waals surface area (Å²) >= 11 is 0. The Hall–Kier alpha value is -0.650. The number of carbonyl (C=O) groups is 1. The van der Waals surface area contributed by atoms with E-state index in [1.54, 1.807) is 0 Å². The number of rotatable bonds is 5. The molecule has 1 fully saturated rings. The number of aliphatic carboxylic acids is 1. The first-order valence-corrected chi connectivity index (χ1v) is 5.32. The fourth-order valence-electron chi connectivity index (χ4n) is 1.88. The zero-order valence-electron chi connectivity index (χ0n) is 9.06. The molecule has 1 aliphatic heterocycles. The predicted molar refractivity (Wildman–Crippen MR) is 54.7 cm³/mol. The van der Waals surface area contributed by atoms with Crippen LogP contribution >= 0.6 is 0 Å². The number of nitrogens with zero attached hydrogens (tertiary/aromatic N) is 1. The van der Waals surface area contributed by atoms with E-state index < -0.39 is 5.97 Å². The van der Waals surface area contributed by atoms with Gasteiger partial charge in [-0.25, -0.2) is 0 Å². The molecule has 2 unspecified atom stereocenters. The Labute approximate surface area is 89.6 Å². The molecule has 0 aromatic rings. The first-order chi connectivity index (χ1) is 7.11. The number of carboxylic acid groups (broad SMARTS) is 1. The van der Waals surface area contributed by atoms with E-state index in [4.69, 9.17) is 14.9 Å². The largest absolute Gasteiger partial charge is 0.481 e. The lowest BCUT2D eigenvalue weighted by Gasteiger charge is -2.35. The van der Waals surface area contributed by atoms with E-state index in [1.165, 1.54) is 0 Å². The van der Waals surface area contributed by atoms with Crippen molar-refractivity contribution >= 4 is 5.97 Å². The molecular weight excluding hydrogens is 198 g/mol. The van der Waals surface area contributed by atoms with Gasteiger partial charge in [-0.2, -0.15) is 0 Å². The molecule has 0 aliphatic carbocycles. The van der Waals surface area contributed by atoms with Crippen molar-refractivity contribution in [2.45, 2.75) is 32.0 Å². The molecule has 5 heteroatoms. The minimum Gasteiger partial charge on any atom is -0.481 e. The highest BCUT2D eigenvalue weighted by Gasteiger charge is 2.24. The predicted octanol–water partition coefficient (Wildman–Crippen LogP) is -0.0672. The molecule has 0 aromatic carbocycles. The monoisotopic (exact) mass is 217 g/mol. The molecule has 5 nitrogen and oxygen atoms in total. The van der Waals surface area contributed by atoms with Crippen LogP contribution in [-0.2, 0) is 9.53 Å². The van der Waals surface area contributed by atoms with E-state index >= 15 is 0 Å². The Balaban J connectivity index is 2.25. The first kappa shape index (κ1) is 12.4. The van der Waals surface area contributed by atoms with Crippen LogP contribution in [0.3, 0.4) is 0 Å². The molecule has 1 aliphatic rings. The van der Waals surface area contributed by atoms with E-state index in [9.17, 15) is 4.79 Å². The molecule has 0 aromatic heterocycles. The van der Waals surface area contributed by atoms with Crippen molar-refractivity contribution in [2.24, 2.45) is 0 Å². The van der Waals surface area contributed by atoms with Crippen molar-refractivity contribution in [3.05, 3.63) is 0 Å². The third-order valence-corrected chi connectivity index (χ3v) is 2.47. The highest BCUT2D eigenvalue weighted by atomic mass is 16.5. The Morgan fingerprint density at radius 3 is 2.87 bits per heavy atom. The van der Waals surface area contributed by atoms with E-state index in [1.807, 2.05) is 6.92 Å². The fraction of sp³-hybridized carbons (Fsp3) is 0.900. The molecule has 2 atom stereocenters. The molecule has 1 saturated heterocycles. The van der Waals surface area contributed by atoms with Gasteiger partial charge in [0, 0.05) is 19.5 Å². The minimum absolute atomic E-state index is 0.0276. The van der Waals surface area contributed by atoms with Gasteiger partial charge in [-0.05, 0) is 19.9 Å². The maximum absolute atomic E-state index is 10.3. The SMILES string of the molecule is CC1CN(CCCC(=O)O)CC(CO)O1. The van der Waals surface area contributed by atoms with Crippen LogP contribution in [0.1, 0.15) is 19.8 Å². The zero-order valence-corrected chi connectivity index (χ0v) is 9.06. The number of aliphatic hydroxyl groups excluding tert-OH is 1. The normalized spacial score (nSPS) is 27.9. The average Bonchev–Trinajstić information content (AvgIpc) is 2.16. The molecule has 0 bridgehead atoms. The summed E-state index contributed by atoms with van der Waals surface area (Å²) in [4.78, 5) is 12.5. The summed E-state index contributed by atoms with van der Waals surface area (Å²) in [7, 11) is 0. The van der Waals surface area contributed by atoms with Gasteiger partial charge in [0.25, 0.3) is 0 Å². The Morgan fingerprint density at radius 2 is 2.27 bits per heavy atom. The van der Waals surface area contributed by atoms with Crippen molar-refractivity contribution in [2.75, 3.05) is 26.2 Å². The van der Waals surface area contributed by atoms with Gasteiger partial charge >= 0.3 is 5.97 Å². The summed E-state index contributed by atoms with van der Waals surface area (Å²) in [5.41, 5.74) is 0. The molecule has 2 N–H and O–H groups in total. The number of hydrogen-bond acceptors (Lipinski definition) is 4. The van der Waals surface area contributed by atoms with Gasteiger partial charge in [0.15, 0.2) is 0 Å². The number of carboxylic acids is 1. The van der Waals surface area contributed by atoms with Gasteiger partial charge in [-0.3, -0.25) is 9.69 Å². The number of aliphatic hydroxyl groups is 1. The smallest absolute Gasteiger partial charge is 0.303 e. The minimum atomic E-state index is -0.755. The summed E-state index contributed by atoms with van der Waals surface area (Å²) in [5, 5.41) is 17.5. The highest BCUT2D eigenvalue weighted by molar-refractivity contribution is 5.66. The van der Waals surface area contributed by atoms with Gasteiger partial charge in [-0.1, -0.05) is 0 Å². The van der Waals surface area contributed by atoms with E-state index in [0.29, 0.717) is 13.0 Å². The summed E-state index contributed by atoms with van der Waals surface area (Å²) in [5.74, 6) is -0.755. The van der Waals surface area contributed by atoms with Crippen LogP contribution in [0.4, 0.5) is 0 Å². The third-order valence-electron chi connectivity index (χ3n) is 2.47. The van der Waals surface area contributed by atoms with Crippen molar-refractivity contribution < 1.29 is 19.7 Å². The maximum atomic E-state index is 10.3. The Morgan fingerprint density at radius 1 is 1.53 bits per heavy atom. The van der Waals surface area contributed by atoms with Gasteiger partial charge in [-0.15, -0.1) is 0 Å². The van der Waals surface area contributed by atoms with Crippen LogP contribution in [0.15, 0.2) is 0 Å². The van der Waals surface area contributed by atoms with E-state index in [-0.39, 0.29) is 25.2 Å². The topological polar surface area (TPSA) is 70.0 Å². The Bertz CT molecular complexity index is 210. The molecule has 1 heterocycles. The van der Waals surface area contributed by atoms with Crippen LogP contribution in [0, 0.1) is 0 Å². The van der Waals surface area contributed by atoms with Crippen molar-refractivity contribution in [1.82, 2.24) is 4.90 Å². The molecular formula is C10H19NO4. The van der Waals surface area contributed by atoms with Crippen LogP contribution in [0.5, 0.6) is 0 Å². The second-order valence-corrected chi connectivity index (χ2v) is 4.01. The van der Waals surface area contributed by atoms with Crippen LogP contribution in [0.2, 0.25) is 0 Å². The molecule has 0 spiro atoms. The van der Waals surface area contributed by atoms with E-state index in [2.05, 4.69) is 4.90 Å². The molecule has 88 valence electrons. The number of ether oxygens (including phenoxy) is 1. The Kier molecular flexibility index (Phi) is 5.01. The maximum Gasteiger partial charge on any atom is 0.303 e. The van der Waals surface area contributed by atoms with Crippen LogP contribution in [-0.4, -0.2) is 59.5 Å². The van der Waals surface area contributed by atoms with Crippen molar-refractivity contribution in [3.63, 3.8) is 0 Å². The lowest BCUT2D eigenvalue weighted by molar-refractivity contribution is -0.137. The van der Waals surface area contributed by atoms with Gasteiger partial charge in [0.05, 0.1) is 18.8 Å². The quantitative estimate of drug-likeness (QED) is 0.674. The zero-order chi connectivity index (χ0) is 11.3. The summed E-state index contributed by atoms with van der Waals surface area (Å²) in [6.07, 6.45) is 0.842. The van der Waals surface area contributed by atoms with Crippen LogP contribution in [0.25, 0.3) is 0 Å². The van der Waals surface area contributed by atoms with Gasteiger partial charge in [0.2, 0.25) is 0 Å². The summed E-state index contributed by atoms with van der Waals surface area (Å²) < 4.78 is 5.49. The average molecular weight is 217 g/mol. The highest BCUT2D eigenvalue weighted by Crippen LogP contribution is 2.11. The molecule has 15 heavy (non-hydrogen) atoms. The van der Waals surface area contributed by atoms with Gasteiger partial charge in [0.1, 0.15) is 0 Å². The lowest BCUT2D eigenvalue weighted by atomic mass is 10.2. The second-order valence-electron chi connectivity index (χ2n) is 4.01. The second kappa shape index (κ2) is 6.05. The first-order valence-electron chi connectivity index (χ1n) is 5.32.